The molecular formula is C9H7F3N2OS. The number of aromatic amines is 1. The van der Waals surface area contributed by atoms with Crippen LogP contribution in [0.3, 0.4) is 0 Å². The van der Waals surface area contributed by atoms with Gasteiger partial charge < -0.3 is 4.98 Å². The largest absolute Gasteiger partial charge is 0.385 e. The first-order valence-electron chi connectivity index (χ1n) is 4.09. The smallest absolute Gasteiger partial charge is 0.345 e. The van der Waals surface area contributed by atoms with Crippen molar-refractivity contribution in [1.82, 2.24) is 9.97 Å². The highest BCUT2D eigenvalue weighted by atomic mass is 32.2. The first-order chi connectivity index (χ1) is 7.61. The average Bonchev–Trinajstić information content (AvgIpc) is 2.70. The highest BCUT2D eigenvalue weighted by Crippen LogP contribution is 2.18. The summed E-state index contributed by atoms with van der Waals surface area (Å²) in [4.78, 5) is 6.66. The number of H-pyrrole nitrogens is 1. The van der Waals surface area contributed by atoms with Crippen LogP contribution in [0, 0.1) is 5.82 Å². The fraction of sp³-hybridized carbons (Fsp3) is 0. The summed E-state index contributed by atoms with van der Waals surface area (Å²) in [6.07, 6.45) is 3.13. The third-order valence-electron chi connectivity index (χ3n) is 1.66. The van der Waals surface area contributed by atoms with Gasteiger partial charge in [0.15, 0.2) is 0 Å². The Morgan fingerprint density at radius 3 is 2.38 bits per heavy atom. The molecule has 0 bridgehead atoms. The summed E-state index contributed by atoms with van der Waals surface area (Å²) in [7, 11) is 0. The molecule has 0 unspecified atom stereocenters. The minimum absolute atomic E-state index is 0.234. The van der Waals surface area contributed by atoms with Gasteiger partial charge in [0.1, 0.15) is 5.82 Å². The van der Waals surface area contributed by atoms with E-state index in [1.54, 1.807) is 24.4 Å². The molecule has 0 amide bonds. The van der Waals surface area contributed by atoms with Crippen LogP contribution in [0.2, 0.25) is 0 Å². The van der Waals surface area contributed by atoms with E-state index >= 15 is 0 Å². The van der Waals surface area contributed by atoms with E-state index in [1.807, 2.05) is 0 Å². The van der Waals surface area contributed by atoms with Gasteiger partial charge in [0.05, 0.1) is 18.2 Å². The minimum atomic E-state index is -3.61. The van der Waals surface area contributed by atoms with Gasteiger partial charge in [-0.15, -0.1) is 0 Å². The number of imidazole rings is 1. The molecule has 3 nitrogen and oxygen atoms in total. The van der Waals surface area contributed by atoms with Gasteiger partial charge in [0.2, 0.25) is 0 Å². The summed E-state index contributed by atoms with van der Waals surface area (Å²) in [5.41, 5.74) is 1.25. The van der Waals surface area contributed by atoms with E-state index in [0.717, 1.165) is 0 Å². The van der Waals surface area contributed by atoms with E-state index in [1.165, 1.54) is 12.4 Å². The zero-order chi connectivity index (χ0) is 12.0. The number of aromatic nitrogens is 2. The molecule has 0 radical (unpaired) electrons. The first kappa shape index (κ1) is 12.4. The van der Waals surface area contributed by atoms with Gasteiger partial charge >= 0.3 is 11.6 Å². The summed E-state index contributed by atoms with van der Waals surface area (Å²) in [5.74, 6) is -0.234. The molecule has 0 spiro atoms. The van der Waals surface area contributed by atoms with Gasteiger partial charge in [-0.05, 0) is 12.1 Å². The number of hydrogen-bond donors (Lipinski definition) is 1. The van der Waals surface area contributed by atoms with E-state index < -0.39 is 11.6 Å². The van der Waals surface area contributed by atoms with Gasteiger partial charge in [-0.25, -0.2) is 9.37 Å². The SMILES string of the molecule is Fc1ccccc1-c1cnc[nH]1.O=S(F)F. The van der Waals surface area contributed by atoms with E-state index in [9.17, 15) is 12.2 Å². The maximum absolute atomic E-state index is 13.1. The number of halogens is 3. The molecule has 16 heavy (non-hydrogen) atoms. The third-order valence-corrected chi connectivity index (χ3v) is 1.66. The normalized spacial score (nSPS) is 9.75. The molecular weight excluding hydrogens is 241 g/mol. The zero-order valence-electron chi connectivity index (χ0n) is 7.86. The van der Waals surface area contributed by atoms with Crippen molar-refractivity contribution >= 4 is 11.6 Å². The molecule has 2 rings (SSSR count). The number of hydrogen-bond acceptors (Lipinski definition) is 2. The van der Waals surface area contributed by atoms with Gasteiger partial charge in [-0.1, -0.05) is 19.9 Å². The van der Waals surface area contributed by atoms with Crippen LogP contribution in [0.4, 0.5) is 12.2 Å². The first-order valence-corrected chi connectivity index (χ1v) is 5.04. The molecule has 0 aliphatic heterocycles. The Labute approximate surface area is 92.4 Å². The lowest BCUT2D eigenvalue weighted by molar-refractivity contribution is 0.602. The number of rotatable bonds is 1. The molecule has 0 aliphatic rings. The van der Waals surface area contributed by atoms with Crippen molar-refractivity contribution in [1.29, 1.82) is 0 Å². The van der Waals surface area contributed by atoms with Crippen molar-refractivity contribution < 1.29 is 16.4 Å². The number of nitrogens with zero attached hydrogens (tertiary/aromatic N) is 1. The lowest BCUT2D eigenvalue weighted by atomic mass is 10.1. The summed E-state index contributed by atoms with van der Waals surface area (Å²) < 4.78 is 40.9. The van der Waals surface area contributed by atoms with E-state index in [0.29, 0.717) is 11.3 Å². The standard InChI is InChI=1S/C9H7FN2.F2OS/c10-8-4-2-1-3-7(8)9-5-11-6-12-9;1-4(2)3/h1-6H,(H,11,12);. The quantitative estimate of drug-likeness (QED) is 0.789. The second kappa shape index (κ2) is 6.06. The van der Waals surface area contributed by atoms with Gasteiger partial charge in [0.25, 0.3) is 0 Å². The van der Waals surface area contributed by atoms with Crippen molar-refractivity contribution in [2.24, 2.45) is 0 Å². The predicted molar refractivity (Wildman–Crippen MR) is 54.3 cm³/mol. The Morgan fingerprint density at radius 1 is 1.25 bits per heavy atom. The fourth-order valence-corrected chi connectivity index (χ4v) is 1.08. The van der Waals surface area contributed by atoms with Crippen molar-refractivity contribution in [2.45, 2.75) is 0 Å². The number of nitrogens with one attached hydrogen (secondary N) is 1. The molecule has 7 heteroatoms. The number of benzene rings is 1. The molecule has 0 fully saturated rings. The van der Waals surface area contributed by atoms with Crippen LogP contribution in [0.15, 0.2) is 36.8 Å². The molecule has 0 saturated carbocycles. The summed E-state index contributed by atoms with van der Waals surface area (Å²) in [6, 6.07) is 6.59. The van der Waals surface area contributed by atoms with Crippen molar-refractivity contribution in [3.05, 3.63) is 42.6 Å². The topological polar surface area (TPSA) is 45.8 Å². The maximum Gasteiger partial charge on any atom is 0.385 e. The minimum Gasteiger partial charge on any atom is -0.345 e. The van der Waals surface area contributed by atoms with Crippen LogP contribution < -0.4 is 0 Å². The van der Waals surface area contributed by atoms with Crippen LogP contribution in [-0.4, -0.2) is 14.2 Å². The molecule has 1 aromatic heterocycles. The molecule has 0 aliphatic carbocycles. The van der Waals surface area contributed by atoms with Gasteiger partial charge in [-0.2, -0.15) is 4.21 Å². The Kier molecular flexibility index (Phi) is 4.71. The molecule has 1 N–H and O–H groups in total. The summed E-state index contributed by atoms with van der Waals surface area (Å²) >= 11 is -3.61. The molecule has 86 valence electrons. The highest BCUT2D eigenvalue weighted by Gasteiger charge is 2.03. The van der Waals surface area contributed by atoms with E-state index in [-0.39, 0.29) is 5.82 Å². The fourth-order valence-electron chi connectivity index (χ4n) is 1.08. The second-order valence-corrected chi connectivity index (χ2v) is 3.00. The average molecular weight is 248 g/mol. The summed E-state index contributed by atoms with van der Waals surface area (Å²) in [6.45, 7) is 0. The van der Waals surface area contributed by atoms with Crippen LogP contribution in [0.5, 0.6) is 0 Å². The molecule has 0 saturated heterocycles. The Bertz CT molecular complexity index is 458. The zero-order valence-corrected chi connectivity index (χ0v) is 8.68. The van der Waals surface area contributed by atoms with Crippen LogP contribution in [0.25, 0.3) is 11.3 Å². The highest BCUT2D eigenvalue weighted by molar-refractivity contribution is 7.74. The van der Waals surface area contributed by atoms with Gasteiger partial charge in [-0.3, -0.25) is 0 Å². The van der Waals surface area contributed by atoms with Crippen molar-refractivity contribution in [2.75, 3.05) is 0 Å². The van der Waals surface area contributed by atoms with Crippen LogP contribution in [-0.2, 0) is 11.6 Å². The predicted octanol–water partition coefficient (Wildman–Crippen LogP) is 2.72. The molecule has 0 atom stereocenters. The third kappa shape index (κ3) is 3.85. The Morgan fingerprint density at radius 2 is 1.88 bits per heavy atom. The lowest BCUT2D eigenvalue weighted by Crippen LogP contribution is -1.81. The van der Waals surface area contributed by atoms with E-state index in [2.05, 4.69) is 9.97 Å². The van der Waals surface area contributed by atoms with Gasteiger partial charge in [0, 0.05) is 5.56 Å². The van der Waals surface area contributed by atoms with E-state index in [4.69, 9.17) is 4.21 Å². The Hall–Kier alpha value is -1.63. The van der Waals surface area contributed by atoms with Crippen LogP contribution in [0.1, 0.15) is 0 Å². The molecule has 1 heterocycles. The van der Waals surface area contributed by atoms with Crippen molar-refractivity contribution in [3.8, 4) is 11.3 Å². The van der Waals surface area contributed by atoms with Crippen LogP contribution >= 0.6 is 0 Å². The Balaban J connectivity index is 0.000000280. The van der Waals surface area contributed by atoms with Crippen molar-refractivity contribution in [3.63, 3.8) is 0 Å². The molecule has 1 aromatic carbocycles. The molecule has 2 aromatic rings. The lowest BCUT2D eigenvalue weighted by Gasteiger charge is -1.97. The maximum atomic E-state index is 13.1. The second-order valence-electron chi connectivity index (χ2n) is 2.63. The summed E-state index contributed by atoms with van der Waals surface area (Å²) in [5, 5.41) is 0. The monoisotopic (exact) mass is 248 g/mol.